The van der Waals surface area contributed by atoms with Crippen molar-refractivity contribution < 1.29 is 14.4 Å². The van der Waals surface area contributed by atoms with Crippen LogP contribution in [0.3, 0.4) is 0 Å². The van der Waals surface area contributed by atoms with Crippen LogP contribution in [0.15, 0.2) is 60.7 Å². The summed E-state index contributed by atoms with van der Waals surface area (Å²) in [6, 6.07) is 19.0. The molecule has 0 radical (unpaired) electrons. The van der Waals surface area contributed by atoms with Crippen LogP contribution in [-0.2, 0) is 16.0 Å². The van der Waals surface area contributed by atoms with E-state index in [1.807, 2.05) is 41.3 Å². The van der Waals surface area contributed by atoms with Gasteiger partial charge in [-0.1, -0.05) is 48.5 Å². The summed E-state index contributed by atoms with van der Waals surface area (Å²) in [4.78, 5) is 42.7. The van der Waals surface area contributed by atoms with Gasteiger partial charge >= 0.3 is 6.03 Å². The zero-order chi connectivity index (χ0) is 20.9. The van der Waals surface area contributed by atoms with E-state index in [9.17, 15) is 14.4 Å². The summed E-state index contributed by atoms with van der Waals surface area (Å²) in [5, 5.41) is 0. The number of hydrogen-bond donors (Lipinski definition) is 0. The lowest BCUT2D eigenvalue weighted by atomic mass is 10.0. The molecule has 4 amide bonds. The number of urea groups is 1. The number of nitrogens with zero attached hydrogens (tertiary/aromatic N) is 3. The lowest BCUT2D eigenvalue weighted by Crippen LogP contribution is -2.48. The highest BCUT2D eigenvalue weighted by atomic mass is 16.2. The Morgan fingerprint density at radius 3 is 2.20 bits per heavy atom. The number of amides is 4. The van der Waals surface area contributed by atoms with Crippen molar-refractivity contribution in [2.75, 3.05) is 24.5 Å². The van der Waals surface area contributed by atoms with Gasteiger partial charge in [-0.25, -0.2) is 9.69 Å². The third-order valence-electron chi connectivity index (χ3n) is 5.96. The van der Waals surface area contributed by atoms with Crippen molar-refractivity contribution in [2.24, 2.45) is 0 Å². The molecular weight excluding hydrogens is 378 g/mol. The van der Waals surface area contributed by atoms with Crippen molar-refractivity contribution >= 4 is 23.5 Å². The number of para-hydroxylation sites is 1. The minimum Gasteiger partial charge on any atom is -0.343 e. The van der Waals surface area contributed by atoms with E-state index in [4.69, 9.17) is 0 Å². The van der Waals surface area contributed by atoms with Crippen molar-refractivity contribution in [1.82, 2.24) is 9.80 Å². The predicted octanol–water partition coefficient (Wildman–Crippen LogP) is 3.47. The number of imide groups is 1. The molecule has 2 aliphatic heterocycles. The molecule has 2 aromatic carbocycles. The lowest BCUT2D eigenvalue weighted by Gasteiger charge is -2.36. The average Bonchev–Trinajstić information content (AvgIpc) is 3.09. The number of rotatable bonds is 6. The summed E-state index contributed by atoms with van der Waals surface area (Å²) >= 11 is 0. The van der Waals surface area contributed by atoms with Gasteiger partial charge in [0.15, 0.2) is 0 Å². The summed E-state index contributed by atoms with van der Waals surface area (Å²) in [6.45, 7) is 1.39. The standard InChI is InChI=1S/C24H27N3O3/c28-22(13-7-10-19-8-3-1-4-9-19)25-16-14-20(15-17-25)26-18-23(29)27(24(26)30)21-11-5-2-6-12-21/h1-6,8-9,11-12,20H,7,10,13-18H2. The molecule has 2 saturated heterocycles. The quantitative estimate of drug-likeness (QED) is 0.692. The van der Waals surface area contributed by atoms with Gasteiger partial charge in [0.2, 0.25) is 5.91 Å². The number of carbonyl (C=O) groups excluding carboxylic acids is 3. The summed E-state index contributed by atoms with van der Waals surface area (Å²) in [5.41, 5.74) is 1.87. The van der Waals surface area contributed by atoms with Crippen LogP contribution in [0.1, 0.15) is 31.2 Å². The molecule has 0 spiro atoms. The van der Waals surface area contributed by atoms with Gasteiger partial charge < -0.3 is 9.80 Å². The van der Waals surface area contributed by atoms with Crippen molar-refractivity contribution in [3.05, 3.63) is 66.2 Å². The molecule has 0 aromatic heterocycles. The number of likely N-dealkylation sites (tertiary alicyclic amines) is 1. The molecule has 0 atom stereocenters. The summed E-state index contributed by atoms with van der Waals surface area (Å²) in [5.74, 6) is -0.00950. The van der Waals surface area contributed by atoms with Gasteiger partial charge in [-0.15, -0.1) is 0 Å². The molecule has 0 unspecified atom stereocenters. The zero-order valence-electron chi connectivity index (χ0n) is 17.1. The Morgan fingerprint density at radius 2 is 1.53 bits per heavy atom. The van der Waals surface area contributed by atoms with E-state index in [1.54, 1.807) is 17.0 Å². The first-order valence-corrected chi connectivity index (χ1v) is 10.6. The van der Waals surface area contributed by atoms with Gasteiger partial charge in [0.1, 0.15) is 6.54 Å². The van der Waals surface area contributed by atoms with Crippen LogP contribution in [0.5, 0.6) is 0 Å². The Bertz CT molecular complexity index is 892. The summed E-state index contributed by atoms with van der Waals surface area (Å²) in [7, 11) is 0. The second-order valence-electron chi connectivity index (χ2n) is 7.93. The van der Waals surface area contributed by atoms with Crippen LogP contribution in [0.4, 0.5) is 10.5 Å². The first-order valence-electron chi connectivity index (χ1n) is 10.6. The molecule has 30 heavy (non-hydrogen) atoms. The molecule has 2 fully saturated rings. The third-order valence-corrected chi connectivity index (χ3v) is 5.96. The van der Waals surface area contributed by atoms with Crippen LogP contribution in [-0.4, -0.2) is 53.3 Å². The molecule has 6 nitrogen and oxygen atoms in total. The Balaban J connectivity index is 1.26. The van der Waals surface area contributed by atoms with Crippen molar-refractivity contribution in [3.8, 4) is 0 Å². The van der Waals surface area contributed by atoms with E-state index in [2.05, 4.69) is 12.1 Å². The fourth-order valence-electron chi connectivity index (χ4n) is 4.31. The third kappa shape index (κ3) is 4.37. The molecular formula is C24H27N3O3. The molecule has 0 aliphatic carbocycles. The van der Waals surface area contributed by atoms with Crippen LogP contribution in [0, 0.1) is 0 Å². The molecule has 156 valence electrons. The van der Waals surface area contributed by atoms with Crippen LogP contribution < -0.4 is 4.90 Å². The first-order chi connectivity index (χ1) is 14.6. The summed E-state index contributed by atoms with van der Waals surface area (Å²) < 4.78 is 0. The number of aryl methyl sites for hydroxylation is 1. The molecule has 4 rings (SSSR count). The van der Waals surface area contributed by atoms with E-state index in [0.29, 0.717) is 38.0 Å². The van der Waals surface area contributed by atoms with Gasteiger partial charge in [0.25, 0.3) is 5.91 Å². The molecule has 2 heterocycles. The van der Waals surface area contributed by atoms with Gasteiger partial charge in [-0.05, 0) is 43.4 Å². The molecule has 2 aliphatic rings. The lowest BCUT2D eigenvalue weighted by molar-refractivity contribution is -0.132. The molecule has 0 N–H and O–H groups in total. The predicted molar refractivity (Wildman–Crippen MR) is 115 cm³/mol. The van der Waals surface area contributed by atoms with Gasteiger partial charge in [-0.3, -0.25) is 9.59 Å². The first kappa shape index (κ1) is 20.1. The Morgan fingerprint density at radius 1 is 0.900 bits per heavy atom. The van der Waals surface area contributed by atoms with Gasteiger partial charge in [0, 0.05) is 25.6 Å². The van der Waals surface area contributed by atoms with Crippen molar-refractivity contribution in [1.29, 1.82) is 0 Å². The van der Waals surface area contributed by atoms with Crippen LogP contribution in [0.2, 0.25) is 0 Å². The van der Waals surface area contributed by atoms with Crippen molar-refractivity contribution in [2.45, 2.75) is 38.1 Å². The van der Waals surface area contributed by atoms with Crippen LogP contribution in [0.25, 0.3) is 0 Å². The van der Waals surface area contributed by atoms with E-state index in [-0.39, 0.29) is 30.4 Å². The maximum absolute atomic E-state index is 12.9. The minimum atomic E-state index is -0.251. The zero-order valence-corrected chi connectivity index (χ0v) is 17.1. The van der Waals surface area contributed by atoms with Crippen LogP contribution >= 0.6 is 0 Å². The van der Waals surface area contributed by atoms with E-state index >= 15 is 0 Å². The number of anilines is 1. The second kappa shape index (κ2) is 9.11. The number of hydrogen-bond acceptors (Lipinski definition) is 3. The summed E-state index contributed by atoms with van der Waals surface area (Å²) in [6.07, 6.45) is 3.72. The number of piperidine rings is 1. The van der Waals surface area contributed by atoms with Gasteiger partial charge in [0.05, 0.1) is 5.69 Å². The molecule has 6 heteroatoms. The smallest absolute Gasteiger partial charge is 0.332 e. The highest BCUT2D eigenvalue weighted by molar-refractivity contribution is 6.19. The van der Waals surface area contributed by atoms with E-state index < -0.39 is 0 Å². The molecule has 0 saturated carbocycles. The minimum absolute atomic E-state index is 0.00327. The van der Waals surface area contributed by atoms with E-state index in [0.717, 1.165) is 12.8 Å². The highest BCUT2D eigenvalue weighted by Gasteiger charge is 2.41. The molecule has 2 aromatic rings. The highest BCUT2D eigenvalue weighted by Crippen LogP contribution is 2.26. The topological polar surface area (TPSA) is 60.9 Å². The fourth-order valence-corrected chi connectivity index (χ4v) is 4.31. The normalized spacial score (nSPS) is 17.7. The van der Waals surface area contributed by atoms with Gasteiger partial charge in [-0.2, -0.15) is 0 Å². The van der Waals surface area contributed by atoms with E-state index in [1.165, 1.54) is 10.5 Å². The maximum atomic E-state index is 12.9. The maximum Gasteiger partial charge on any atom is 0.332 e. The average molecular weight is 405 g/mol. The number of benzene rings is 2. The largest absolute Gasteiger partial charge is 0.343 e. The monoisotopic (exact) mass is 405 g/mol. The fraction of sp³-hybridized carbons (Fsp3) is 0.375. The Hall–Kier alpha value is -3.15. The second-order valence-corrected chi connectivity index (χ2v) is 7.93. The Kier molecular flexibility index (Phi) is 6.12. The SMILES string of the molecule is O=C(CCCc1ccccc1)N1CCC(N2CC(=O)N(c3ccccc3)C2=O)CC1. The van der Waals surface area contributed by atoms with Crippen molar-refractivity contribution in [3.63, 3.8) is 0 Å². The molecule has 0 bridgehead atoms. The Labute approximate surface area is 177 Å². The number of carbonyl (C=O) groups is 3.